The number of fused-ring (bicyclic) bond motifs is 4. The fraction of sp³-hybridized carbons (Fsp3) is 0. The van der Waals surface area contributed by atoms with Gasteiger partial charge in [0.2, 0.25) is 5.76 Å². The van der Waals surface area contributed by atoms with E-state index < -0.39 is 6.35 Å². The summed E-state index contributed by atoms with van der Waals surface area (Å²) in [5.41, 5.74) is 7.59. The van der Waals surface area contributed by atoms with Gasteiger partial charge in [0.15, 0.2) is 6.26 Å². The first-order valence-electron chi connectivity index (χ1n) is 15.4. The van der Waals surface area contributed by atoms with E-state index in [4.69, 9.17) is 0 Å². The predicted molar refractivity (Wildman–Crippen MR) is 188 cm³/mol. The number of furan rings is 1. The van der Waals surface area contributed by atoms with Crippen LogP contribution in [0.1, 0.15) is 16.9 Å². The maximum atomic E-state index is 3.77. The Balaban J connectivity index is 1.48. The quantitative estimate of drug-likeness (QED) is 0.149. The van der Waals surface area contributed by atoms with Crippen LogP contribution in [0.2, 0.25) is 0 Å². The Morgan fingerprint density at radius 3 is 1.45 bits per heavy atom. The zero-order chi connectivity index (χ0) is 29.1. The lowest BCUT2D eigenvalue weighted by Crippen LogP contribution is -2.59. The number of hydrogen-bond donors (Lipinski definition) is 0. The molecule has 0 saturated heterocycles. The van der Waals surface area contributed by atoms with E-state index in [0.717, 1.165) is 0 Å². The maximum Gasteiger partial charge on any atom is 0.421 e. The average Bonchev–Trinajstić information content (AvgIpc) is 3.68. The van der Waals surface area contributed by atoms with Crippen LogP contribution < -0.4 is 10.9 Å². The first-order valence-corrected chi connectivity index (χ1v) is 15.4. The van der Waals surface area contributed by atoms with Gasteiger partial charge in [0, 0.05) is 17.7 Å². The van der Waals surface area contributed by atoms with Gasteiger partial charge in [-0.3, -0.25) is 0 Å². The summed E-state index contributed by atoms with van der Waals surface area (Å²) >= 11 is 0. The standard InChI is InChI=1S/C42H29BO/c1-2-14-33(15-3-1)41-40-19-10-26-44(40)43(38-24-22-31-12-5-8-17-35(31)28-38,39-25-23-32-13-6-9-18-36(32)29-39)42(41)37-21-20-30-11-4-7-16-34(30)27-37/h1-29H. The van der Waals surface area contributed by atoms with Gasteiger partial charge in [0.25, 0.3) is 0 Å². The Morgan fingerprint density at radius 1 is 0.364 bits per heavy atom. The first kappa shape index (κ1) is 25.0. The highest BCUT2D eigenvalue weighted by Crippen LogP contribution is 2.50. The normalized spacial score (nSPS) is 14.0. The van der Waals surface area contributed by atoms with Crippen LogP contribution in [0, 0.1) is 0 Å². The van der Waals surface area contributed by atoms with Crippen molar-refractivity contribution in [3.05, 3.63) is 193 Å². The van der Waals surface area contributed by atoms with Gasteiger partial charge in [0.1, 0.15) is 0 Å². The summed E-state index contributed by atoms with van der Waals surface area (Å²) in [5, 5.41) is 7.47. The Morgan fingerprint density at radius 2 is 0.864 bits per heavy atom. The highest BCUT2D eigenvalue weighted by molar-refractivity contribution is 7.13. The van der Waals surface area contributed by atoms with Crippen LogP contribution in [-0.2, 0) is 0 Å². The van der Waals surface area contributed by atoms with Crippen molar-refractivity contribution >= 4 is 60.6 Å². The van der Waals surface area contributed by atoms with Gasteiger partial charge in [-0.2, -0.15) is 0 Å². The van der Waals surface area contributed by atoms with Gasteiger partial charge in [-0.1, -0.05) is 168 Å². The van der Waals surface area contributed by atoms with E-state index in [1.165, 1.54) is 71.2 Å². The van der Waals surface area contributed by atoms with Crippen LogP contribution in [0.15, 0.2) is 180 Å². The third-order valence-electron chi connectivity index (χ3n) is 9.64. The minimum Gasteiger partial charge on any atom is -0.777 e. The molecule has 9 rings (SSSR count). The summed E-state index contributed by atoms with van der Waals surface area (Å²) in [5.74, 6) is 1.17. The molecule has 0 aliphatic carbocycles. The smallest absolute Gasteiger partial charge is 0.421 e. The van der Waals surface area contributed by atoms with E-state index in [9.17, 15) is 0 Å². The fourth-order valence-corrected chi connectivity index (χ4v) is 7.71. The SMILES string of the molecule is c1ccc(C2=C(c3ccc4ccccc4c3)[B-](c3ccc4ccccc4c3)(c3ccc4ccccc4c3)[o+]3cccc32)cc1. The van der Waals surface area contributed by atoms with Crippen molar-refractivity contribution in [2.24, 2.45) is 0 Å². The Hall–Kier alpha value is -5.60. The third-order valence-corrected chi connectivity index (χ3v) is 9.64. The second-order valence-electron chi connectivity index (χ2n) is 11.9. The van der Waals surface area contributed by atoms with Crippen molar-refractivity contribution in [3.63, 3.8) is 0 Å². The second-order valence-corrected chi connectivity index (χ2v) is 11.9. The van der Waals surface area contributed by atoms with E-state index in [1.54, 1.807) is 0 Å². The average molecular weight is 561 g/mol. The first-order chi connectivity index (χ1) is 21.8. The fourth-order valence-electron chi connectivity index (χ4n) is 7.71. The van der Waals surface area contributed by atoms with E-state index in [1.807, 2.05) is 0 Å². The summed E-state index contributed by atoms with van der Waals surface area (Å²) in [6, 6.07) is 62.5. The van der Waals surface area contributed by atoms with Gasteiger partial charge in [0.05, 0.1) is 0 Å². The van der Waals surface area contributed by atoms with Crippen molar-refractivity contribution < 1.29 is 3.96 Å². The van der Waals surface area contributed by atoms with Crippen LogP contribution >= 0.6 is 0 Å². The molecule has 1 aliphatic heterocycles. The molecule has 0 spiro atoms. The van der Waals surface area contributed by atoms with Crippen LogP contribution in [0.3, 0.4) is 0 Å². The molecule has 1 aromatic heterocycles. The van der Waals surface area contributed by atoms with Crippen molar-refractivity contribution in [2.45, 2.75) is 0 Å². The van der Waals surface area contributed by atoms with E-state index in [-0.39, 0.29) is 0 Å². The number of rotatable bonds is 4. The summed E-state index contributed by atoms with van der Waals surface area (Å²) < 4.78 is 3.77. The van der Waals surface area contributed by atoms with Gasteiger partial charge in [-0.05, 0) is 49.5 Å². The molecule has 0 atom stereocenters. The molecule has 0 unspecified atom stereocenters. The van der Waals surface area contributed by atoms with Crippen molar-refractivity contribution in [1.29, 1.82) is 0 Å². The van der Waals surface area contributed by atoms with Crippen LogP contribution in [0.5, 0.6) is 0 Å². The van der Waals surface area contributed by atoms with Crippen LogP contribution in [0.4, 0.5) is 0 Å². The zero-order valence-corrected chi connectivity index (χ0v) is 24.2. The second kappa shape index (κ2) is 9.72. The Kier molecular flexibility index (Phi) is 5.51. The molecular weight excluding hydrogens is 531 g/mol. The Bertz CT molecular complexity index is 2320. The summed E-state index contributed by atoms with van der Waals surface area (Å²) in [6.45, 7) is 0. The highest BCUT2D eigenvalue weighted by atomic mass is 16.5. The van der Waals surface area contributed by atoms with Gasteiger partial charge >= 0.3 is 6.35 Å². The number of benzene rings is 7. The zero-order valence-electron chi connectivity index (χ0n) is 24.2. The molecule has 2 heteroatoms. The minimum atomic E-state index is -1.72. The molecule has 0 saturated carbocycles. The summed E-state index contributed by atoms with van der Waals surface area (Å²) in [6.07, 6.45) is 0.497. The lowest BCUT2D eigenvalue weighted by Gasteiger charge is -2.39. The lowest BCUT2D eigenvalue weighted by atomic mass is 9.27. The topological polar surface area (TPSA) is 2.70 Å². The molecule has 0 amide bonds. The largest absolute Gasteiger partial charge is 0.777 e. The molecule has 0 radical (unpaired) electrons. The summed E-state index contributed by atoms with van der Waals surface area (Å²) in [4.78, 5) is 0. The summed E-state index contributed by atoms with van der Waals surface area (Å²) in [7, 11) is 0. The van der Waals surface area contributed by atoms with Crippen molar-refractivity contribution in [2.75, 3.05) is 0 Å². The Labute approximate surface area is 257 Å². The molecule has 0 fully saturated rings. The predicted octanol–water partition coefficient (Wildman–Crippen LogP) is 9.55. The van der Waals surface area contributed by atoms with Crippen LogP contribution in [0.25, 0.3) is 43.4 Å². The molecule has 2 heterocycles. The van der Waals surface area contributed by atoms with E-state index in [2.05, 4.69) is 180 Å². The van der Waals surface area contributed by atoms with Gasteiger partial charge in [-0.15, -0.1) is 0 Å². The van der Waals surface area contributed by atoms with Gasteiger partial charge < -0.3 is 3.96 Å². The van der Waals surface area contributed by atoms with Crippen molar-refractivity contribution in [1.82, 2.24) is 0 Å². The molecule has 0 bridgehead atoms. The molecule has 8 aromatic rings. The monoisotopic (exact) mass is 560 g/mol. The molecule has 44 heavy (non-hydrogen) atoms. The van der Waals surface area contributed by atoms with Crippen molar-refractivity contribution in [3.8, 4) is 0 Å². The number of hydrogen-bond acceptors (Lipinski definition) is 0. The molecule has 0 N–H and O–H groups in total. The molecule has 206 valence electrons. The molecule has 1 nitrogen and oxygen atoms in total. The highest BCUT2D eigenvalue weighted by Gasteiger charge is 2.52. The third kappa shape index (κ3) is 3.61. The minimum absolute atomic E-state index is 1.17. The maximum absolute atomic E-state index is 3.77. The lowest BCUT2D eigenvalue weighted by molar-refractivity contribution is 0.376. The van der Waals surface area contributed by atoms with E-state index >= 15 is 0 Å². The molecular formula is C42H29BO. The van der Waals surface area contributed by atoms with Gasteiger partial charge in [-0.25, -0.2) is 0 Å². The van der Waals surface area contributed by atoms with E-state index in [0.29, 0.717) is 0 Å². The molecule has 1 aliphatic rings. The van der Waals surface area contributed by atoms with Crippen LogP contribution in [-0.4, -0.2) is 6.35 Å². The molecule has 7 aromatic carbocycles.